The van der Waals surface area contributed by atoms with Gasteiger partial charge in [-0.1, -0.05) is 13.3 Å². The average molecular weight is 578 g/mol. The molecule has 2 aromatic carbocycles. The summed E-state index contributed by atoms with van der Waals surface area (Å²) >= 11 is 0. The fourth-order valence-electron chi connectivity index (χ4n) is 3.82. The van der Waals surface area contributed by atoms with Crippen LogP contribution in [-0.4, -0.2) is 31.0 Å². The fourth-order valence-corrected chi connectivity index (χ4v) is 3.82. The molecule has 216 valence electrons. The van der Waals surface area contributed by atoms with Crippen LogP contribution in [0.3, 0.4) is 0 Å². The molecule has 0 radical (unpaired) electrons. The second kappa shape index (κ2) is 11.6. The van der Waals surface area contributed by atoms with Crippen molar-refractivity contribution in [1.29, 1.82) is 0 Å². The van der Waals surface area contributed by atoms with Crippen LogP contribution in [0, 0.1) is 28.7 Å². The molecule has 0 aliphatic carbocycles. The highest BCUT2D eigenvalue weighted by atomic mass is 19.3. The minimum absolute atomic E-state index is 0.0476. The van der Waals surface area contributed by atoms with Crippen molar-refractivity contribution in [3.8, 4) is 11.5 Å². The first-order valence-corrected chi connectivity index (χ1v) is 11.1. The molecule has 0 amide bonds. The first kappa shape index (κ1) is 30.5. The van der Waals surface area contributed by atoms with Crippen molar-refractivity contribution < 1.29 is 68.0 Å². The van der Waals surface area contributed by atoms with Gasteiger partial charge in [0, 0.05) is 23.1 Å². The van der Waals surface area contributed by atoms with E-state index in [1.807, 2.05) is 6.92 Å². The SMILES string of the molecule is CCCC1(CO)COC(c2cc(F)c(C(F)(F)Oc3cc(F)c(OC(F)(F)C=C(F)F)c(F)c3)c(F)c2)OC1. The summed E-state index contributed by atoms with van der Waals surface area (Å²) in [6.07, 6.45) is -13.9. The van der Waals surface area contributed by atoms with Gasteiger partial charge in [0.2, 0.25) is 0 Å². The normalized spacial score (nSPS) is 20.1. The van der Waals surface area contributed by atoms with Crippen LogP contribution in [0.2, 0.25) is 0 Å². The van der Waals surface area contributed by atoms with E-state index in [1.165, 1.54) is 0 Å². The smallest absolute Gasteiger partial charge is 0.429 e. The molecule has 0 atom stereocenters. The van der Waals surface area contributed by atoms with Crippen LogP contribution in [0.4, 0.5) is 43.9 Å². The average Bonchev–Trinajstić information content (AvgIpc) is 2.80. The zero-order valence-electron chi connectivity index (χ0n) is 19.9. The van der Waals surface area contributed by atoms with Gasteiger partial charge >= 0.3 is 12.2 Å². The predicted octanol–water partition coefficient (Wildman–Crippen LogP) is 6.95. The van der Waals surface area contributed by atoms with Crippen molar-refractivity contribution in [2.75, 3.05) is 19.8 Å². The summed E-state index contributed by atoms with van der Waals surface area (Å²) in [5.41, 5.74) is -3.04. The number of aliphatic hydroxyl groups excluding tert-OH is 1. The molecule has 0 unspecified atom stereocenters. The van der Waals surface area contributed by atoms with Gasteiger partial charge < -0.3 is 24.1 Å². The van der Waals surface area contributed by atoms with Crippen molar-refractivity contribution in [2.24, 2.45) is 5.41 Å². The number of halogens is 10. The van der Waals surface area contributed by atoms with Crippen LogP contribution >= 0.6 is 0 Å². The summed E-state index contributed by atoms with van der Waals surface area (Å²) in [5.74, 6) is -11.2. The Morgan fingerprint density at radius 2 is 1.49 bits per heavy atom. The Kier molecular flexibility index (Phi) is 9.07. The van der Waals surface area contributed by atoms with Crippen LogP contribution < -0.4 is 9.47 Å². The zero-order valence-corrected chi connectivity index (χ0v) is 19.9. The summed E-state index contributed by atoms with van der Waals surface area (Å²) in [4.78, 5) is 0. The lowest BCUT2D eigenvalue weighted by Crippen LogP contribution is -2.41. The van der Waals surface area contributed by atoms with Crippen molar-refractivity contribution in [2.45, 2.75) is 38.3 Å². The van der Waals surface area contributed by atoms with Crippen LogP contribution in [0.25, 0.3) is 0 Å². The topological polar surface area (TPSA) is 57.2 Å². The number of aliphatic hydroxyl groups is 1. The van der Waals surface area contributed by atoms with E-state index in [-0.39, 0.29) is 37.5 Å². The van der Waals surface area contributed by atoms with E-state index in [0.717, 1.165) is 0 Å². The van der Waals surface area contributed by atoms with Gasteiger partial charge in [-0.15, -0.1) is 0 Å². The standard InChI is InChI=1S/C24H20F10O5/c1-2-3-22(9-35)10-36-21(37-11-22)12-4-14(25)19(15(26)5-12)24(33,34)38-13-6-16(27)20(17(28)7-13)39-23(31,32)8-18(29)30/h4-8,21,35H,2-3,9-11H2,1H3. The number of rotatable bonds is 10. The van der Waals surface area contributed by atoms with Crippen LogP contribution in [0.5, 0.6) is 11.5 Å². The molecular weight excluding hydrogens is 558 g/mol. The molecule has 3 rings (SSSR count). The summed E-state index contributed by atoms with van der Waals surface area (Å²) in [6, 6.07) is 0.749. The molecule has 2 aromatic rings. The molecule has 5 nitrogen and oxygen atoms in total. The van der Waals surface area contributed by atoms with Crippen LogP contribution in [0.1, 0.15) is 37.2 Å². The highest BCUT2D eigenvalue weighted by molar-refractivity contribution is 5.37. The lowest BCUT2D eigenvalue weighted by molar-refractivity contribution is -0.243. The first-order valence-electron chi connectivity index (χ1n) is 11.1. The summed E-state index contributed by atoms with van der Waals surface area (Å²) in [6.45, 7) is 1.47. The molecule has 1 heterocycles. The van der Waals surface area contributed by atoms with E-state index in [4.69, 9.17) is 9.47 Å². The highest BCUT2D eigenvalue weighted by Gasteiger charge is 2.43. The molecule has 39 heavy (non-hydrogen) atoms. The molecule has 1 saturated heterocycles. The van der Waals surface area contributed by atoms with Crippen LogP contribution in [0.15, 0.2) is 36.4 Å². The van der Waals surface area contributed by atoms with Crippen molar-refractivity contribution in [1.82, 2.24) is 0 Å². The lowest BCUT2D eigenvalue weighted by atomic mass is 9.85. The Morgan fingerprint density at radius 3 is 1.95 bits per heavy atom. The Labute approximate surface area is 214 Å². The molecule has 0 bridgehead atoms. The molecule has 1 fully saturated rings. The van der Waals surface area contributed by atoms with Gasteiger partial charge in [-0.25, -0.2) is 17.6 Å². The van der Waals surface area contributed by atoms with Crippen molar-refractivity contribution >= 4 is 0 Å². The van der Waals surface area contributed by atoms with Gasteiger partial charge in [-0.2, -0.15) is 26.3 Å². The largest absolute Gasteiger partial charge is 0.432 e. The minimum atomic E-state index is -4.89. The third-order valence-electron chi connectivity index (χ3n) is 5.56. The zero-order chi connectivity index (χ0) is 29.2. The van der Waals surface area contributed by atoms with Crippen molar-refractivity contribution in [3.05, 3.63) is 70.8 Å². The quantitative estimate of drug-likeness (QED) is 0.310. The van der Waals surface area contributed by atoms with E-state index in [1.54, 1.807) is 0 Å². The maximum Gasteiger partial charge on any atom is 0.432 e. The monoisotopic (exact) mass is 578 g/mol. The van der Waals surface area contributed by atoms with E-state index in [0.29, 0.717) is 25.0 Å². The Morgan fingerprint density at radius 1 is 0.949 bits per heavy atom. The molecular formula is C24H20F10O5. The van der Waals surface area contributed by atoms with Gasteiger partial charge in [0.15, 0.2) is 23.7 Å². The van der Waals surface area contributed by atoms with E-state index >= 15 is 0 Å². The number of hydrogen-bond donors (Lipinski definition) is 1. The minimum Gasteiger partial charge on any atom is -0.429 e. The summed E-state index contributed by atoms with van der Waals surface area (Å²) < 4.78 is 156. The van der Waals surface area contributed by atoms with Crippen molar-refractivity contribution in [3.63, 3.8) is 0 Å². The first-order chi connectivity index (χ1) is 18.1. The van der Waals surface area contributed by atoms with Gasteiger partial charge in [0.1, 0.15) is 22.9 Å². The highest BCUT2D eigenvalue weighted by Crippen LogP contribution is 2.40. The number of alkyl halides is 4. The van der Waals surface area contributed by atoms with Crippen LogP contribution in [-0.2, 0) is 15.6 Å². The second-order valence-corrected chi connectivity index (χ2v) is 8.65. The maximum absolute atomic E-state index is 14.7. The van der Waals surface area contributed by atoms with E-state index < -0.39 is 76.4 Å². The molecule has 1 aliphatic heterocycles. The molecule has 1 aliphatic rings. The predicted molar refractivity (Wildman–Crippen MR) is 112 cm³/mol. The molecule has 1 N–H and O–H groups in total. The molecule has 0 aromatic heterocycles. The number of hydrogen-bond acceptors (Lipinski definition) is 5. The fraction of sp³-hybridized carbons (Fsp3) is 0.417. The Hall–Kier alpha value is -3.04. The Bertz CT molecular complexity index is 1160. The van der Waals surface area contributed by atoms with Gasteiger partial charge in [0.25, 0.3) is 6.08 Å². The third-order valence-corrected chi connectivity index (χ3v) is 5.56. The number of ether oxygens (including phenoxy) is 4. The molecule has 15 heteroatoms. The Balaban J connectivity index is 1.82. The van der Waals surface area contributed by atoms with Gasteiger partial charge in [0.05, 0.1) is 25.9 Å². The maximum atomic E-state index is 14.7. The third kappa shape index (κ3) is 7.13. The number of benzene rings is 2. The van der Waals surface area contributed by atoms with E-state index in [9.17, 15) is 49.0 Å². The molecule has 0 saturated carbocycles. The van der Waals surface area contributed by atoms with Gasteiger partial charge in [-0.3, -0.25) is 0 Å². The summed E-state index contributed by atoms with van der Waals surface area (Å²) in [5, 5.41) is 9.60. The van der Waals surface area contributed by atoms with E-state index in [2.05, 4.69) is 9.47 Å². The second-order valence-electron chi connectivity index (χ2n) is 8.65. The lowest BCUT2D eigenvalue weighted by Gasteiger charge is -2.38. The van der Waals surface area contributed by atoms with Gasteiger partial charge in [-0.05, 0) is 18.6 Å². The molecule has 0 spiro atoms. The summed E-state index contributed by atoms with van der Waals surface area (Å²) in [7, 11) is 0.